The first-order chi connectivity index (χ1) is 16.8. The van der Waals surface area contributed by atoms with Crippen molar-refractivity contribution in [2.24, 2.45) is 7.05 Å². The minimum atomic E-state index is 0.923. The highest BCUT2D eigenvalue weighted by Crippen LogP contribution is 2.41. The Morgan fingerprint density at radius 3 is 2.03 bits per heavy atom. The SMILES string of the molecule is Cn1c2ccccc2c2cc(-n3c4ccccc4c4ccc5c6ccccc6oc5c43)ccc21. The predicted molar refractivity (Wildman–Crippen MR) is 142 cm³/mol. The molecule has 0 aliphatic rings. The summed E-state index contributed by atoms with van der Waals surface area (Å²) in [6.07, 6.45) is 0. The maximum absolute atomic E-state index is 6.49. The first-order valence-corrected chi connectivity index (χ1v) is 11.6. The molecule has 5 aromatic carbocycles. The van der Waals surface area contributed by atoms with E-state index < -0.39 is 0 Å². The van der Waals surface area contributed by atoms with E-state index in [-0.39, 0.29) is 0 Å². The van der Waals surface area contributed by atoms with Gasteiger partial charge in [-0.2, -0.15) is 0 Å². The minimum absolute atomic E-state index is 0.923. The van der Waals surface area contributed by atoms with Crippen molar-refractivity contribution >= 4 is 65.6 Å². The highest BCUT2D eigenvalue weighted by atomic mass is 16.3. The van der Waals surface area contributed by atoms with Gasteiger partial charge in [-0.25, -0.2) is 0 Å². The number of nitrogens with zero attached hydrogens (tertiary/aromatic N) is 2. The van der Waals surface area contributed by atoms with Gasteiger partial charge in [0.05, 0.1) is 11.0 Å². The Hall–Kier alpha value is -4.50. The monoisotopic (exact) mass is 436 g/mol. The Kier molecular flexibility index (Phi) is 3.33. The summed E-state index contributed by atoms with van der Waals surface area (Å²) >= 11 is 0. The van der Waals surface area contributed by atoms with Gasteiger partial charge in [-0.3, -0.25) is 0 Å². The summed E-state index contributed by atoms with van der Waals surface area (Å²) < 4.78 is 11.1. The summed E-state index contributed by atoms with van der Waals surface area (Å²) in [5.41, 5.74) is 7.79. The average molecular weight is 437 g/mol. The van der Waals surface area contributed by atoms with Gasteiger partial charge in [-0.15, -0.1) is 0 Å². The smallest absolute Gasteiger partial charge is 0.160 e. The van der Waals surface area contributed by atoms with Crippen LogP contribution in [0.2, 0.25) is 0 Å². The number of aryl methyl sites for hydroxylation is 1. The van der Waals surface area contributed by atoms with E-state index in [0.29, 0.717) is 0 Å². The highest BCUT2D eigenvalue weighted by molar-refractivity contribution is 6.21. The van der Waals surface area contributed by atoms with Crippen LogP contribution in [0, 0.1) is 0 Å². The summed E-state index contributed by atoms with van der Waals surface area (Å²) in [6.45, 7) is 0. The molecule has 0 spiro atoms. The number of furan rings is 1. The van der Waals surface area contributed by atoms with Crippen molar-refractivity contribution in [1.82, 2.24) is 9.13 Å². The van der Waals surface area contributed by atoms with Gasteiger partial charge in [0.1, 0.15) is 5.58 Å². The lowest BCUT2D eigenvalue weighted by Crippen LogP contribution is -1.94. The van der Waals surface area contributed by atoms with E-state index in [1.54, 1.807) is 0 Å². The van der Waals surface area contributed by atoms with Crippen LogP contribution in [0.4, 0.5) is 0 Å². The summed E-state index contributed by atoms with van der Waals surface area (Å²) in [4.78, 5) is 0. The van der Waals surface area contributed by atoms with Crippen LogP contribution >= 0.6 is 0 Å². The van der Waals surface area contributed by atoms with E-state index in [4.69, 9.17) is 4.42 Å². The van der Waals surface area contributed by atoms with Crippen molar-refractivity contribution in [3.8, 4) is 5.69 Å². The van der Waals surface area contributed by atoms with E-state index >= 15 is 0 Å². The molecule has 0 fully saturated rings. The Labute approximate surface area is 195 Å². The molecule has 3 aromatic heterocycles. The molecule has 0 unspecified atom stereocenters. The van der Waals surface area contributed by atoms with Gasteiger partial charge in [0.2, 0.25) is 0 Å². The minimum Gasteiger partial charge on any atom is -0.454 e. The second-order valence-electron chi connectivity index (χ2n) is 9.07. The third kappa shape index (κ3) is 2.16. The lowest BCUT2D eigenvalue weighted by atomic mass is 10.1. The maximum Gasteiger partial charge on any atom is 0.160 e. The molecule has 0 N–H and O–H groups in total. The van der Waals surface area contributed by atoms with E-state index in [1.807, 2.05) is 6.07 Å². The van der Waals surface area contributed by atoms with Crippen molar-refractivity contribution < 1.29 is 4.42 Å². The second-order valence-corrected chi connectivity index (χ2v) is 9.07. The van der Waals surface area contributed by atoms with Crippen LogP contribution in [0.1, 0.15) is 0 Å². The molecule has 0 aliphatic heterocycles. The summed E-state index contributed by atoms with van der Waals surface area (Å²) in [6, 6.07) is 36.8. The van der Waals surface area contributed by atoms with Gasteiger partial charge in [0, 0.05) is 56.1 Å². The molecular formula is C31H20N2O. The zero-order chi connectivity index (χ0) is 22.4. The Balaban J connectivity index is 1.57. The van der Waals surface area contributed by atoms with Crippen LogP contribution < -0.4 is 0 Å². The van der Waals surface area contributed by atoms with Crippen LogP contribution in [0.3, 0.4) is 0 Å². The van der Waals surface area contributed by atoms with Crippen molar-refractivity contribution in [3.63, 3.8) is 0 Å². The van der Waals surface area contributed by atoms with Crippen LogP contribution in [-0.2, 0) is 7.05 Å². The lowest BCUT2D eigenvalue weighted by Gasteiger charge is -2.09. The molecule has 0 aliphatic carbocycles. The average Bonchev–Trinajstić information content (AvgIpc) is 3.52. The Bertz CT molecular complexity index is 2080. The fourth-order valence-corrected chi connectivity index (χ4v) is 5.79. The van der Waals surface area contributed by atoms with Crippen LogP contribution in [0.5, 0.6) is 0 Å². The molecule has 8 aromatic rings. The highest BCUT2D eigenvalue weighted by Gasteiger charge is 2.19. The summed E-state index contributed by atoms with van der Waals surface area (Å²) in [7, 11) is 2.14. The van der Waals surface area contributed by atoms with Gasteiger partial charge in [-0.05, 0) is 42.5 Å². The molecular weight excluding hydrogens is 416 g/mol. The molecule has 0 bridgehead atoms. The Morgan fingerprint density at radius 2 is 1.18 bits per heavy atom. The van der Waals surface area contributed by atoms with Gasteiger partial charge in [0.15, 0.2) is 5.58 Å². The third-order valence-electron chi connectivity index (χ3n) is 7.33. The van der Waals surface area contributed by atoms with E-state index in [2.05, 4.69) is 113 Å². The fraction of sp³-hybridized carbons (Fsp3) is 0.0323. The van der Waals surface area contributed by atoms with E-state index in [0.717, 1.165) is 33.1 Å². The number of aromatic nitrogens is 2. The van der Waals surface area contributed by atoms with Crippen molar-refractivity contribution in [1.29, 1.82) is 0 Å². The maximum atomic E-state index is 6.49. The molecule has 0 radical (unpaired) electrons. The topological polar surface area (TPSA) is 23.0 Å². The molecule has 0 atom stereocenters. The van der Waals surface area contributed by atoms with Crippen molar-refractivity contribution in [3.05, 3.63) is 103 Å². The first-order valence-electron chi connectivity index (χ1n) is 11.6. The molecule has 0 saturated carbocycles. The molecule has 0 saturated heterocycles. The van der Waals surface area contributed by atoms with Gasteiger partial charge >= 0.3 is 0 Å². The van der Waals surface area contributed by atoms with E-state index in [1.165, 1.54) is 38.1 Å². The number of para-hydroxylation sites is 3. The van der Waals surface area contributed by atoms with Crippen molar-refractivity contribution in [2.45, 2.75) is 0 Å². The van der Waals surface area contributed by atoms with Gasteiger partial charge < -0.3 is 13.6 Å². The molecule has 160 valence electrons. The molecule has 34 heavy (non-hydrogen) atoms. The number of hydrogen-bond donors (Lipinski definition) is 0. The Morgan fingerprint density at radius 1 is 0.529 bits per heavy atom. The van der Waals surface area contributed by atoms with Crippen molar-refractivity contribution in [2.75, 3.05) is 0 Å². The predicted octanol–water partition coefficient (Wildman–Crippen LogP) is 8.33. The normalized spacial score (nSPS) is 12.3. The zero-order valence-corrected chi connectivity index (χ0v) is 18.6. The molecule has 3 heteroatoms. The largest absolute Gasteiger partial charge is 0.454 e. The van der Waals surface area contributed by atoms with Crippen LogP contribution in [0.25, 0.3) is 71.2 Å². The zero-order valence-electron chi connectivity index (χ0n) is 18.6. The van der Waals surface area contributed by atoms with Crippen LogP contribution in [-0.4, -0.2) is 9.13 Å². The molecule has 0 amide bonds. The molecule has 3 heterocycles. The third-order valence-corrected chi connectivity index (χ3v) is 7.33. The van der Waals surface area contributed by atoms with E-state index in [9.17, 15) is 0 Å². The standard InChI is InChI=1S/C31H20N2O/c1-32-26-11-5-2-9-21(26)25-18-19(14-17-27(25)32)33-28-12-6-3-8-20(28)23-15-16-24-22-10-4-7-13-29(22)34-31(24)30(23)33/h2-18H,1H3. The first kappa shape index (κ1) is 18.0. The van der Waals surface area contributed by atoms with Crippen LogP contribution in [0.15, 0.2) is 108 Å². The number of fused-ring (bicyclic) bond motifs is 10. The number of rotatable bonds is 1. The van der Waals surface area contributed by atoms with Gasteiger partial charge in [0.25, 0.3) is 0 Å². The second kappa shape index (κ2) is 6.30. The van der Waals surface area contributed by atoms with Gasteiger partial charge in [-0.1, -0.05) is 60.7 Å². The quantitative estimate of drug-likeness (QED) is 0.254. The summed E-state index contributed by atoms with van der Waals surface area (Å²) in [5, 5.41) is 7.28. The lowest BCUT2D eigenvalue weighted by molar-refractivity contribution is 0.671. The molecule has 8 rings (SSSR count). The number of benzene rings is 5. The number of hydrogen-bond acceptors (Lipinski definition) is 1. The summed E-state index contributed by atoms with van der Waals surface area (Å²) in [5.74, 6) is 0. The molecule has 3 nitrogen and oxygen atoms in total. The fourth-order valence-electron chi connectivity index (χ4n) is 5.79.